The summed E-state index contributed by atoms with van der Waals surface area (Å²) < 4.78 is 40.1. The number of hydrogen-bond acceptors (Lipinski definition) is 1. The fourth-order valence-corrected chi connectivity index (χ4v) is 2.07. The van der Waals surface area contributed by atoms with E-state index in [9.17, 15) is 0 Å². The largest absolute Gasteiger partial charge is 0.298 e. The van der Waals surface area contributed by atoms with E-state index >= 15 is 0 Å². The molecule has 0 saturated heterocycles. The van der Waals surface area contributed by atoms with E-state index in [0.29, 0.717) is 0 Å². The Kier molecular flexibility index (Phi) is 3.53. The number of allylic oxidation sites excluding steroid dienone is 1. The van der Waals surface area contributed by atoms with Gasteiger partial charge in [-0.15, -0.1) is 0 Å². The Labute approximate surface area is 141 Å². The number of likely N-dealkylation sites (N-methyl/N-ethyl adjacent to an activating group) is 1. The van der Waals surface area contributed by atoms with Crippen molar-refractivity contribution < 1.29 is 6.85 Å². The summed E-state index contributed by atoms with van der Waals surface area (Å²) >= 11 is 0. The van der Waals surface area contributed by atoms with Crippen molar-refractivity contribution in [2.45, 2.75) is 27.3 Å². The predicted octanol–water partition coefficient (Wildman–Crippen LogP) is 4.88. The fraction of sp³-hybridized carbons (Fsp3) is 0.333. The number of benzene rings is 2. The Bertz CT molecular complexity index is 874. The Morgan fingerprint density at radius 3 is 2.73 bits per heavy atom. The summed E-state index contributed by atoms with van der Waals surface area (Å²) in [6.07, 6.45) is 2.61. The monoisotopic (exact) mass is 296 g/mol. The van der Waals surface area contributed by atoms with E-state index in [1.165, 1.54) is 12.2 Å². The van der Waals surface area contributed by atoms with E-state index in [-0.39, 0.29) is 12.0 Å². The molecule has 0 fully saturated rings. The van der Waals surface area contributed by atoms with Gasteiger partial charge >= 0.3 is 0 Å². The van der Waals surface area contributed by atoms with Crippen molar-refractivity contribution in [3.63, 3.8) is 0 Å². The molecule has 0 atom stereocenters. The molecule has 114 valence electrons. The van der Waals surface area contributed by atoms with Crippen molar-refractivity contribution >= 4 is 10.8 Å². The molecule has 0 spiro atoms. The number of hydrogen-bond donors (Lipinski definition) is 0. The van der Waals surface area contributed by atoms with E-state index in [0.717, 1.165) is 21.2 Å². The second-order valence-electron chi connectivity index (χ2n) is 6.21. The third-order valence-corrected chi connectivity index (χ3v) is 3.05. The van der Waals surface area contributed by atoms with Crippen LogP contribution in [0.4, 0.5) is 0 Å². The van der Waals surface area contributed by atoms with Crippen LogP contribution in [0.25, 0.3) is 10.8 Å². The minimum atomic E-state index is -2.59. The molecule has 2 aromatic rings. The van der Waals surface area contributed by atoms with Crippen molar-refractivity contribution in [2.24, 2.45) is 5.41 Å². The summed E-state index contributed by atoms with van der Waals surface area (Å²) in [6.45, 7) is 1.06. The van der Waals surface area contributed by atoms with E-state index in [1.807, 2.05) is 63.2 Å². The lowest BCUT2D eigenvalue weighted by Gasteiger charge is -2.15. The quantitative estimate of drug-likeness (QED) is 0.727. The van der Waals surface area contributed by atoms with Crippen LogP contribution in [0.3, 0.4) is 0 Å². The zero-order valence-corrected chi connectivity index (χ0v) is 13.4. The van der Waals surface area contributed by atoms with E-state index < -0.39 is 13.5 Å². The summed E-state index contributed by atoms with van der Waals surface area (Å²) in [6, 6.07) is 13.3. The van der Waals surface area contributed by atoms with Gasteiger partial charge in [0.05, 0.1) is 0 Å². The van der Waals surface area contributed by atoms with E-state index in [4.69, 9.17) is 6.85 Å². The predicted molar refractivity (Wildman–Crippen MR) is 96.7 cm³/mol. The minimum Gasteiger partial charge on any atom is -0.298 e. The van der Waals surface area contributed by atoms with Crippen LogP contribution < -0.4 is 0 Å². The van der Waals surface area contributed by atoms with Gasteiger partial charge in [0, 0.05) is 25.3 Å². The molecule has 0 aliphatic heterocycles. The van der Waals surface area contributed by atoms with Gasteiger partial charge in [0.2, 0.25) is 0 Å². The van der Waals surface area contributed by atoms with Gasteiger partial charge in [-0.2, -0.15) is 0 Å². The first-order chi connectivity index (χ1) is 12.4. The van der Waals surface area contributed by atoms with Crippen molar-refractivity contribution in [2.75, 3.05) is 13.5 Å². The molecule has 0 unspecified atom stereocenters. The highest BCUT2D eigenvalue weighted by molar-refractivity contribution is 5.85. The average molecular weight is 296 g/mol. The van der Waals surface area contributed by atoms with Crippen LogP contribution in [-0.2, 0) is 6.54 Å². The molecule has 0 radical (unpaired) electrons. The molecule has 1 nitrogen and oxygen atoms in total. The van der Waals surface area contributed by atoms with Crippen LogP contribution in [0.2, 0.25) is 0 Å². The van der Waals surface area contributed by atoms with Crippen LogP contribution in [0, 0.1) is 17.3 Å². The van der Waals surface area contributed by atoms with Crippen LogP contribution in [0.15, 0.2) is 54.6 Å². The van der Waals surface area contributed by atoms with Crippen LogP contribution >= 0.6 is 0 Å². The molecule has 0 heterocycles. The van der Waals surface area contributed by atoms with Gasteiger partial charge in [0.25, 0.3) is 0 Å². The maximum atomic E-state index is 8.31. The lowest BCUT2D eigenvalue weighted by atomic mass is 9.98. The highest BCUT2D eigenvalue weighted by Crippen LogP contribution is 2.19. The van der Waals surface area contributed by atoms with Gasteiger partial charge in [0.15, 0.2) is 0 Å². The first kappa shape index (κ1) is 10.6. The summed E-state index contributed by atoms with van der Waals surface area (Å²) in [5, 5.41) is 1.91. The Hall–Kier alpha value is -2.04. The van der Waals surface area contributed by atoms with Gasteiger partial charge in [0.1, 0.15) is 0 Å². The standard InChI is InChI=1S/C21H25N/c1-21(2,3)15-8-5-9-16-22(4)17-19-13-10-12-18-11-6-7-14-20(18)19/h5-7,9-14H,16-17H2,1-4H3/i4D3,16D2. The molecule has 0 aromatic heterocycles. The number of fused-ring (bicyclic) bond motifs is 1. The third kappa shape index (κ3) is 5.06. The number of rotatable bonds is 4. The highest BCUT2D eigenvalue weighted by Gasteiger charge is 2.03. The summed E-state index contributed by atoms with van der Waals surface area (Å²) in [5.74, 6) is 5.78. The maximum Gasteiger partial charge on any atom is 0.0475 e. The zero-order chi connectivity index (χ0) is 20.3. The fourth-order valence-electron chi connectivity index (χ4n) is 2.07. The van der Waals surface area contributed by atoms with Gasteiger partial charge in [-0.1, -0.05) is 60.4 Å². The smallest absolute Gasteiger partial charge is 0.0475 e. The molecular weight excluding hydrogens is 266 g/mol. The third-order valence-electron chi connectivity index (χ3n) is 3.05. The van der Waals surface area contributed by atoms with Crippen molar-refractivity contribution in [1.82, 2.24) is 4.90 Å². The average Bonchev–Trinajstić information content (AvgIpc) is 2.54. The normalized spacial score (nSPS) is 16.5. The molecular formula is C21H25N. The molecule has 2 rings (SSSR count). The molecule has 2 aromatic carbocycles. The van der Waals surface area contributed by atoms with Gasteiger partial charge in [-0.3, -0.25) is 4.90 Å². The molecule has 0 bridgehead atoms. The van der Waals surface area contributed by atoms with Crippen molar-refractivity contribution in [1.29, 1.82) is 0 Å². The summed E-state index contributed by atoms with van der Waals surface area (Å²) in [4.78, 5) is 0.886. The Morgan fingerprint density at radius 1 is 1.18 bits per heavy atom. The van der Waals surface area contributed by atoms with Crippen molar-refractivity contribution in [3.05, 3.63) is 60.2 Å². The molecule has 1 heteroatoms. The molecule has 0 N–H and O–H groups in total. The lowest BCUT2D eigenvalue weighted by molar-refractivity contribution is 0.365. The van der Waals surface area contributed by atoms with Gasteiger partial charge in [-0.05, 0) is 50.2 Å². The number of nitrogens with zero attached hydrogens (tertiary/aromatic N) is 1. The summed E-state index contributed by atoms with van der Waals surface area (Å²) in [7, 11) is 0. The molecule has 0 aliphatic carbocycles. The molecule has 22 heavy (non-hydrogen) atoms. The zero-order valence-electron chi connectivity index (χ0n) is 18.4. The molecule has 0 saturated carbocycles. The first-order valence-corrected chi connectivity index (χ1v) is 7.35. The minimum absolute atomic E-state index is 0.0398. The maximum absolute atomic E-state index is 8.31. The highest BCUT2D eigenvalue weighted by atomic mass is 15.1. The SMILES string of the molecule is [2H]C([2H])([2H])N(Cc1cccc2ccccc12)C([2H])([2H])C=CC#CC(C)(C)C. The Balaban J connectivity index is 2.37. The van der Waals surface area contributed by atoms with Crippen LogP contribution in [-0.4, -0.2) is 18.4 Å². The summed E-state index contributed by atoms with van der Waals surface area (Å²) in [5.41, 5.74) is 0.561. The van der Waals surface area contributed by atoms with Crippen LogP contribution in [0.5, 0.6) is 0 Å². The Morgan fingerprint density at radius 2 is 1.95 bits per heavy atom. The molecule has 0 aliphatic rings. The van der Waals surface area contributed by atoms with Gasteiger partial charge in [-0.25, -0.2) is 0 Å². The second kappa shape index (κ2) is 7.29. The first-order valence-electron chi connectivity index (χ1n) is 9.85. The van der Waals surface area contributed by atoms with Crippen molar-refractivity contribution in [3.8, 4) is 11.8 Å². The van der Waals surface area contributed by atoms with E-state index in [2.05, 4.69) is 11.8 Å². The van der Waals surface area contributed by atoms with E-state index in [1.54, 1.807) is 0 Å². The van der Waals surface area contributed by atoms with Gasteiger partial charge < -0.3 is 0 Å². The van der Waals surface area contributed by atoms with Crippen LogP contribution in [0.1, 0.15) is 33.2 Å². The lowest BCUT2D eigenvalue weighted by Crippen LogP contribution is -2.17. The second-order valence-corrected chi connectivity index (χ2v) is 6.21. The molecule has 0 amide bonds. The topological polar surface area (TPSA) is 3.24 Å².